The first kappa shape index (κ1) is 12.1. The van der Waals surface area contributed by atoms with Gasteiger partial charge in [0.15, 0.2) is 0 Å². The summed E-state index contributed by atoms with van der Waals surface area (Å²) in [6.07, 6.45) is 0. The molecule has 0 aliphatic rings. The van der Waals surface area contributed by atoms with Crippen molar-refractivity contribution in [1.82, 2.24) is 0 Å². The Morgan fingerprint density at radius 2 is 1.71 bits per heavy atom. The van der Waals surface area contributed by atoms with Crippen molar-refractivity contribution in [3.05, 3.63) is 59.4 Å². The van der Waals surface area contributed by atoms with E-state index in [0.29, 0.717) is 6.54 Å². The molecule has 0 saturated carbocycles. The van der Waals surface area contributed by atoms with Gasteiger partial charge in [-0.3, -0.25) is 0 Å². The molecule has 0 bridgehead atoms. The summed E-state index contributed by atoms with van der Waals surface area (Å²) >= 11 is 1.62. The van der Waals surface area contributed by atoms with Crippen LogP contribution < -0.4 is 5.73 Å². The molecule has 0 aromatic heterocycles. The molecule has 2 N–H and O–H groups in total. The van der Waals surface area contributed by atoms with Crippen molar-refractivity contribution in [1.29, 1.82) is 0 Å². The second-order valence-corrected chi connectivity index (χ2v) is 5.00. The van der Waals surface area contributed by atoms with Crippen LogP contribution in [0.2, 0.25) is 0 Å². The minimum absolute atomic E-state index is 0.205. The molecule has 1 nitrogen and oxygen atoms in total. The molecule has 0 heterocycles. The highest BCUT2D eigenvalue weighted by Crippen LogP contribution is 2.29. The smallest absolute Gasteiger partial charge is 0.123 e. The third-order valence-corrected chi connectivity index (χ3v) is 3.58. The number of benzene rings is 2. The molecule has 17 heavy (non-hydrogen) atoms. The highest BCUT2D eigenvalue weighted by atomic mass is 32.2. The molecule has 2 rings (SSSR count). The van der Waals surface area contributed by atoms with E-state index >= 15 is 0 Å². The van der Waals surface area contributed by atoms with Gasteiger partial charge in [-0.25, -0.2) is 4.39 Å². The molecule has 2 aromatic rings. The minimum Gasteiger partial charge on any atom is -0.326 e. The summed E-state index contributed by atoms with van der Waals surface area (Å²) in [5, 5.41) is 0. The van der Waals surface area contributed by atoms with Crippen molar-refractivity contribution in [2.75, 3.05) is 0 Å². The fourth-order valence-electron chi connectivity index (χ4n) is 1.60. The van der Waals surface area contributed by atoms with Crippen LogP contribution in [0.15, 0.2) is 52.3 Å². The van der Waals surface area contributed by atoms with Crippen molar-refractivity contribution < 1.29 is 4.39 Å². The highest BCUT2D eigenvalue weighted by molar-refractivity contribution is 7.99. The molecule has 0 unspecified atom stereocenters. The molecule has 0 spiro atoms. The van der Waals surface area contributed by atoms with E-state index in [1.54, 1.807) is 23.9 Å². The first-order valence-corrected chi connectivity index (χ1v) is 6.23. The van der Waals surface area contributed by atoms with E-state index in [1.165, 1.54) is 17.7 Å². The van der Waals surface area contributed by atoms with Gasteiger partial charge in [-0.05, 0) is 54.4 Å². The highest BCUT2D eigenvalue weighted by Gasteiger charge is 2.01. The van der Waals surface area contributed by atoms with Gasteiger partial charge in [0.25, 0.3) is 0 Å². The Labute approximate surface area is 105 Å². The van der Waals surface area contributed by atoms with Crippen molar-refractivity contribution >= 4 is 11.8 Å². The predicted molar refractivity (Wildman–Crippen MR) is 69.6 cm³/mol. The van der Waals surface area contributed by atoms with Crippen LogP contribution in [0, 0.1) is 12.7 Å². The predicted octanol–water partition coefficient (Wildman–Crippen LogP) is 3.74. The van der Waals surface area contributed by atoms with E-state index in [9.17, 15) is 4.39 Å². The summed E-state index contributed by atoms with van der Waals surface area (Å²) in [5.74, 6) is -0.205. The van der Waals surface area contributed by atoms with Gasteiger partial charge in [-0.2, -0.15) is 0 Å². The van der Waals surface area contributed by atoms with Crippen molar-refractivity contribution in [2.24, 2.45) is 5.73 Å². The standard InChI is InChI=1S/C14H14FNS/c1-10-8-14(5-2-11(10)9-16)17-13-6-3-12(15)4-7-13/h2-8H,9,16H2,1H3. The molecule has 2 aromatic carbocycles. The Hall–Kier alpha value is -1.32. The number of hydrogen-bond acceptors (Lipinski definition) is 2. The van der Waals surface area contributed by atoms with Gasteiger partial charge in [0.2, 0.25) is 0 Å². The largest absolute Gasteiger partial charge is 0.326 e. The molecule has 3 heteroatoms. The average Bonchev–Trinajstić information content (AvgIpc) is 2.32. The normalized spacial score (nSPS) is 10.5. The van der Waals surface area contributed by atoms with Gasteiger partial charge < -0.3 is 5.73 Å². The van der Waals surface area contributed by atoms with Crippen LogP contribution >= 0.6 is 11.8 Å². The summed E-state index contributed by atoms with van der Waals surface area (Å²) in [7, 11) is 0. The van der Waals surface area contributed by atoms with E-state index < -0.39 is 0 Å². The Morgan fingerprint density at radius 3 is 2.29 bits per heavy atom. The monoisotopic (exact) mass is 247 g/mol. The van der Waals surface area contributed by atoms with Crippen LogP contribution in [-0.2, 0) is 6.54 Å². The molecule has 0 aliphatic carbocycles. The summed E-state index contributed by atoms with van der Waals surface area (Å²) in [6.45, 7) is 2.62. The van der Waals surface area contributed by atoms with E-state index in [2.05, 4.69) is 13.0 Å². The molecule has 88 valence electrons. The van der Waals surface area contributed by atoms with Crippen molar-refractivity contribution in [3.8, 4) is 0 Å². The Bertz CT molecular complexity index is 508. The van der Waals surface area contributed by atoms with E-state index in [-0.39, 0.29) is 5.82 Å². The average molecular weight is 247 g/mol. The lowest BCUT2D eigenvalue weighted by atomic mass is 10.1. The second kappa shape index (κ2) is 5.34. The molecule has 0 saturated heterocycles. The maximum absolute atomic E-state index is 12.8. The van der Waals surface area contributed by atoms with E-state index in [1.807, 2.05) is 12.1 Å². The number of aryl methyl sites for hydroxylation is 1. The fourth-order valence-corrected chi connectivity index (χ4v) is 2.52. The summed E-state index contributed by atoms with van der Waals surface area (Å²) in [6, 6.07) is 12.7. The summed E-state index contributed by atoms with van der Waals surface area (Å²) in [5.41, 5.74) is 7.98. The van der Waals surface area contributed by atoms with Crippen LogP contribution in [0.3, 0.4) is 0 Å². The van der Waals surface area contributed by atoms with Crippen LogP contribution in [0.4, 0.5) is 4.39 Å². The SMILES string of the molecule is Cc1cc(Sc2ccc(F)cc2)ccc1CN. The minimum atomic E-state index is -0.205. The number of hydrogen-bond donors (Lipinski definition) is 1. The quantitative estimate of drug-likeness (QED) is 0.894. The zero-order valence-electron chi connectivity index (χ0n) is 9.61. The number of nitrogens with two attached hydrogens (primary N) is 1. The lowest BCUT2D eigenvalue weighted by Crippen LogP contribution is -1.98. The molecule has 0 atom stereocenters. The van der Waals surface area contributed by atoms with Crippen molar-refractivity contribution in [2.45, 2.75) is 23.3 Å². The maximum atomic E-state index is 12.8. The van der Waals surface area contributed by atoms with E-state index in [0.717, 1.165) is 15.4 Å². The first-order chi connectivity index (χ1) is 8.19. The molecular weight excluding hydrogens is 233 g/mol. The Kier molecular flexibility index (Phi) is 3.82. The lowest BCUT2D eigenvalue weighted by Gasteiger charge is -2.06. The topological polar surface area (TPSA) is 26.0 Å². The van der Waals surface area contributed by atoms with Crippen molar-refractivity contribution in [3.63, 3.8) is 0 Å². The van der Waals surface area contributed by atoms with E-state index in [4.69, 9.17) is 5.73 Å². The van der Waals surface area contributed by atoms with Gasteiger partial charge in [0.05, 0.1) is 0 Å². The molecule has 0 radical (unpaired) electrons. The number of halogens is 1. The zero-order chi connectivity index (χ0) is 12.3. The van der Waals surface area contributed by atoms with Crippen LogP contribution in [0.25, 0.3) is 0 Å². The zero-order valence-corrected chi connectivity index (χ0v) is 10.4. The summed E-state index contributed by atoms with van der Waals surface area (Å²) in [4.78, 5) is 2.18. The third-order valence-electron chi connectivity index (χ3n) is 2.58. The third kappa shape index (κ3) is 3.08. The molecule has 0 aliphatic heterocycles. The molecular formula is C14H14FNS. The fraction of sp³-hybridized carbons (Fsp3) is 0.143. The lowest BCUT2D eigenvalue weighted by molar-refractivity contribution is 0.626. The van der Waals surface area contributed by atoms with Gasteiger partial charge in [-0.15, -0.1) is 0 Å². The molecule has 0 fully saturated rings. The summed E-state index contributed by atoms with van der Waals surface area (Å²) < 4.78 is 12.8. The Morgan fingerprint density at radius 1 is 1.06 bits per heavy atom. The van der Waals surface area contributed by atoms with Gasteiger partial charge in [0.1, 0.15) is 5.82 Å². The van der Waals surface area contributed by atoms with Gasteiger partial charge >= 0.3 is 0 Å². The van der Waals surface area contributed by atoms with Gasteiger partial charge in [0, 0.05) is 16.3 Å². The molecule has 0 amide bonds. The Balaban J connectivity index is 2.19. The van der Waals surface area contributed by atoms with Crippen LogP contribution in [-0.4, -0.2) is 0 Å². The first-order valence-electron chi connectivity index (χ1n) is 5.42. The van der Waals surface area contributed by atoms with Crippen LogP contribution in [0.1, 0.15) is 11.1 Å². The maximum Gasteiger partial charge on any atom is 0.123 e. The van der Waals surface area contributed by atoms with Crippen LogP contribution in [0.5, 0.6) is 0 Å². The second-order valence-electron chi connectivity index (χ2n) is 3.85. The van der Waals surface area contributed by atoms with Gasteiger partial charge in [-0.1, -0.05) is 17.8 Å². The number of rotatable bonds is 3.